The molecule has 2 rings (SSSR count). The summed E-state index contributed by atoms with van der Waals surface area (Å²) in [7, 11) is 2.68. The van der Waals surface area contributed by atoms with Crippen molar-refractivity contribution >= 4 is 16.1 Å². The first-order chi connectivity index (χ1) is 16.2. The second kappa shape index (κ2) is 12.8. The molecule has 0 aliphatic carbocycles. The predicted molar refractivity (Wildman–Crippen MR) is 151 cm³/mol. The summed E-state index contributed by atoms with van der Waals surface area (Å²) in [4.78, 5) is 2.43. The van der Waals surface area contributed by atoms with Crippen molar-refractivity contribution in [1.82, 2.24) is 4.90 Å². The first-order valence-corrected chi connectivity index (χ1v) is 13.5. The van der Waals surface area contributed by atoms with E-state index in [0.717, 1.165) is 48.6 Å². The van der Waals surface area contributed by atoms with Crippen molar-refractivity contribution in [3.05, 3.63) is 71.8 Å². The molecular formula is C30H44N2OSi. The average Bonchev–Trinajstić information content (AvgIpc) is 2.84. The van der Waals surface area contributed by atoms with E-state index in [0.29, 0.717) is 0 Å². The van der Waals surface area contributed by atoms with Gasteiger partial charge in [0.1, 0.15) is 16.2 Å². The molecule has 0 aromatic heterocycles. The highest BCUT2D eigenvalue weighted by Gasteiger charge is 2.34. The van der Waals surface area contributed by atoms with Gasteiger partial charge in [0.05, 0.1) is 18.3 Å². The maximum Gasteiger partial charge on any atom is 0.141 e. The summed E-state index contributed by atoms with van der Waals surface area (Å²) in [6.45, 7) is 16.0. The van der Waals surface area contributed by atoms with Crippen LogP contribution in [0.3, 0.4) is 0 Å². The third kappa shape index (κ3) is 7.26. The second-order valence-corrected chi connectivity index (χ2v) is 10.8. The SMILES string of the molecule is CCN(C/C=C/C#CC(C)(C)C)Cc1ccc(OC)c(N([SiH3])C(CC)(CC)c2ccccc2)c1. The van der Waals surface area contributed by atoms with Gasteiger partial charge in [-0.2, -0.15) is 0 Å². The third-order valence-corrected chi connectivity index (χ3v) is 7.93. The summed E-state index contributed by atoms with van der Waals surface area (Å²) < 4.78 is 8.39. The molecule has 0 atom stereocenters. The number of allylic oxidation sites excluding steroid dienone is 1. The van der Waals surface area contributed by atoms with E-state index in [4.69, 9.17) is 4.74 Å². The Balaban J connectivity index is 2.30. The fourth-order valence-corrected chi connectivity index (χ4v) is 5.72. The Morgan fingerprint density at radius 1 is 1.00 bits per heavy atom. The minimum atomic E-state index is -0.0295. The van der Waals surface area contributed by atoms with Crippen molar-refractivity contribution < 1.29 is 4.74 Å². The van der Waals surface area contributed by atoms with Crippen LogP contribution in [0.2, 0.25) is 0 Å². The smallest absolute Gasteiger partial charge is 0.141 e. The molecular weight excluding hydrogens is 432 g/mol. The van der Waals surface area contributed by atoms with Crippen LogP contribution in [-0.2, 0) is 12.1 Å². The molecule has 2 aromatic rings. The van der Waals surface area contributed by atoms with Crippen molar-refractivity contribution in [2.24, 2.45) is 5.41 Å². The van der Waals surface area contributed by atoms with E-state index in [1.165, 1.54) is 16.8 Å². The van der Waals surface area contributed by atoms with Gasteiger partial charge in [-0.15, -0.1) is 0 Å². The molecule has 0 saturated heterocycles. The highest BCUT2D eigenvalue weighted by Crippen LogP contribution is 2.41. The maximum absolute atomic E-state index is 5.83. The van der Waals surface area contributed by atoms with Gasteiger partial charge >= 0.3 is 0 Å². The molecule has 0 fully saturated rings. The van der Waals surface area contributed by atoms with E-state index in [-0.39, 0.29) is 11.0 Å². The van der Waals surface area contributed by atoms with Crippen molar-refractivity contribution in [2.75, 3.05) is 24.8 Å². The number of nitrogens with zero attached hydrogens (tertiary/aromatic N) is 2. The molecule has 0 radical (unpaired) electrons. The van der Waals surface area contributed by atoms with E-state index in [1.807, 2.05) is 6.08 Å². The van der Waals surface area contributed by atoms with Gasteiger partial charge in [-0.25, -0.2) is 0 Å². The lowest BCUT2D eigenvalue weighted by Gasteiger charge is -2.44. The zero-order chi connectivity index (χ0) is 25.2. The fraction of sp³-hybridized carbons (Fsp3) is 0.467. The second-order valence-electron chi connectivity index (χ2n) is 9.92. The average molecular weight is 477 g/mol. The Hall–Kier alpha value is -2.48. The van der Waals surface area contributed by atoms with Gasteiger partial charge in [0, 0.05) is 18.5 Å². The highest BCUT2D eigenvalue weighted by molar-refractivity contribution is 6.19. The van der Waals surface area contributed by atoms with E-state index in [9.17, 15) is 0 Å². The van der Waals surface area contributed by atoms with Crippen molar-refractivity contribution in [3.8, 4) is 17.6 Å². The summed E-state index contributed by atoms with van der Waals surface area (Å²) in [5, 5.41) is 0. The molecule has 0 bridgehead atoms. The molecule has 0 amide bonds. The minimum Gasteiger partial charge on any atom is -0.495 e. The Bertz CT molecular complexity index is 978. The molecule has 0 aliphatic rings. The third-order valence-electron chi connectivity index (χ3n) is 6.59. The lowest BCUT2D eigenvalue weighted by Crippen LogP contribution is -2.44. The van der Waals surface area contributed by atoms with Crippen LogP contribution >= 0.6 is 0 Å². The number of rotatable bonds is 11. The van der Waals surface area contributed by atoms with Gasteiger partial charge < -0.3 is 9.30 Å². The zero-order valence-corrected chi connectivity index (χ0v) is 24.6. The van der Waals surface area contributed by atoms with Crippen LogP contribution in [0.1, 0.15) is 65.5 Å². The number of hydrogen-bond donors (Lipinski definition) is 0. The number of likely N-dealkylation sites (N-methyl/N-ethyl adjacent to an activating group) is 1. The van der Waals surface area contributed by atoms with E-state index >= 15 is 0 Å². The molecule has 4 heteroatoms. The van der Waals surface area contributed by atoms with Crippen LogP contribution in [0.5, 0.6) is 5.75 Å². The van der Waals surface area contributed by atoms with Crippen LogP contribution in [0, 0.1) is 17.3 Å². The first kappa shape index (κ1) is 27.8. The number of benzene rings is 2. The lowest BCUT2D eigenvalue weighted by atomic mass is 9.84. The molecule has 3 nitrogen and oxygen atoms in total. The van der Waals surface area contributed by atoms with Crippen LogP contribution in [0.4, 0.5) is 5.69 Å². The normalized spacial score (nSPS) is 12.1. The molecule has 2 aromatic carbocycles. The maximum atomic E-state index is 5.83. The fourth-order valence-electron chi connectivity index (χ4n) is 4.48. The molecule has 0 aliphatic heterocycles. The minimum absolute atomic E-state index is 0.0295. The largest absolute Gasteiger partial charge is 0.495 e. The van der Waals surface area contributed by atoms with Crippen LogP contribution < -0.4 is 9.30 Å². The number of methoxy groups -OCH3 is 1. The highest BCUT2D eigenvalue weighted by atomic mass is 28.2. The number of anilines is 1. The molecule has 0 unspecified atom stereocenters. The Labute approximate surface area is 211 Å². The molecule has 34 heavy (non-hydrogen) atoms. The Morgan fingerprint density at radius 3 is 2.24 bits per heavy atom. The summed E-state index contributed by atoms with van der Waals surface area (Å²) in [5.41, 5.74) is 3.89. The quantitative estimate of drug-likeness (QED) is 0.295. The predicted octanol–water partition coefficient (Wildman–Crippen LogP) is 5.93. The topological polar surface area (TPSA) is 15.7 Å². The Kier molecular flexibility index (Phi) is 10.5. The first-order valence-electron chi connectivity index (χ1n) is 12.6. The number of ether oxygens (including phenoxy) is 1. The van der Waals surface area contributed by atoms with Crippen molar-refractivity contribution in [2.45, 2.75) is 66.5 Å². The van der Waals surface area contributed by atoms with Crippen LogP contribution in [-0.4, -0.2) is 35.5 Å². The van der Waals surface area contributed by atoms with Gasteiger partial charge in [-0.1, -0.05) is 75.1 Å². The molecule has 184 valence electrons. The number of hydrogen-bond acceptors (Lipinski definition) is 3. The summed E-state index contributed by atoms with van der Waals surface area (Å²) in [6.07, 6.45) is 6.25. The van der Waals surface area contributed by atoms with Gasteiger partial charge in [-0.3, -0.25) is 4.90 Å². The van der Waals surface area contributed by atoms with Gasteiger partial charge in [-0.05, 0) is 69.5 Å². The van der Waals surface area contributed by atoms with Crippen LogP contribution in [0.15, 0.2) is 60.7 Å². The molecule has 0 spiro atoms. The van der Waals surface area contributed by atoms with Crippen molar-refractivity contribution in [3.63, 3.8) is 0 Å². The summed E-state index contributed by atoms with van der Waals surface area (Å²) >= 11 is 0. The summed E-state index contributed by atoms with van der Waals surface area (Å²) in [5.74, 6) is 7.39. The van der Waals surface area contributed by atoms with E-state index in [2.05, 4.69) is 117 Å². The van der Waals surface area contributed by atoms with Gasteiger partial charge in [0.2, 0.25) is 0 Å². The zero-order valence-electron chi connectivity index (χ0n) is 22.6. The molecule has 0 saturated carbocycles. The van der Waals surface area contributed by atoms with Crippen molar-refractivity contribution in [1.29, 1.82) is 0 Å². The molecule has 0 heterocycles. The monoisotopic (exact) mass is 476 g/mol. The van der Waals surface area contributed by atoms with Gasteiger partial charge in [0.15, 0.2) is 0 Å². The van der Waals surface area contributed by atoms with Crippen LogP contribution in [0.25, 0.3) is 0 Å². The van der Waals surface area contributed by atoms with Gasteiger partial charge in [0.25, 0.3) is 0 Å². The summed E-state index contributed by atoms with van der Waals surface area (Å²) in [6, 6.07) is 17.6. The Morgan fingerprint density at radius 2 is 1.68 bits per heavy atom. The molecule has 0 N–H and O–H groups in total. The lowest BCUT2D eigenvalue weighted by molar-refractivity contribution is 0.311. The standard InChI is InChI=1S/C30H44N2OSi/c1-8-30(9-2,26-17-13-11-14-18-26)32(34)27-23-25(19-20-28(27)33-7)24-31(10-3)22-16-12-15-21-29(4,5)6/h11-14,16-20,23H,8-10,22,24H2,1-7,34H3/b16-12+. The van der Waals surface area contributed by atoms with E-state index in [1.54, 1.807) is 7.11 Å². The van der Waals surface area contributed by atoms with E-state index < -0.39 is 0 Å².